The van der Waals surface area contributed by atoms with Gasteiger partial charge < -0.3 is 5.32 Å². The Bertz CT molecular complexity index is 502. The van der Waals surface area contributed by atoms with Crippen molar-refractivity contribution in [3.8, 4) is 0 Å². The molecule has 2 heterocycles. The van der Waals surface area contributed by atoms with Gasteiger partial charge in [-0.15, -0.1) is 0 Å². The van der Waals surface area contributed by atoms with Crippen LogP contribution in [0.3, 0.4) is 0 Å². The highest BCUT2D eigenvalue weighted by molar-refractivity contribution is 9.10. The average Bonchev–Trinajstić information content (AvgIpc) is 2.40. The minimum absolute atomic E-state index is 0.837. The summed E-state index contributed by atoms with van der Waals surface area (Å²) in [5, 5.41) is 5.28. The molecule has 0 radical (unpaired) electrons. The fraction of sp³-hybridized carbons (Fsp3) is 0.231. The monoisotopic (exact) mass is 323 g/mol. The largest absolute Gasteiger partial charge is 0.313 e. The van der Waals surface area contributed by atoms with Crippen LogP contribution in [0, 0.1) is 0 Å². The standard InChI is InChI=1S/C13H14BrN3S/c1-2-15-8-10-4-3-7-16-13(10)18-12-6-5-11(14)9-17-12/h3-7,9,15H,2,8H2,1H3. The van der Waals surface area contributed by atoms with Gasteiger partial charge in [0.15, 0.2) is 0 Å². The van der Waals surface area contributed by atoms with Crippen molar-refractivity contribution in [2.45, 2.75) is 23.5 Å². The van der Waals surface area contributed by atoms with Gasteiger partial charge in [-0.25, -0.2) is 9.97 Å². The van der Waals surface area contributed by atoms with E-state index in [0.717, 1.165) is 27.6 Å². The predicted octanol–water partition coefficient (Wildman–Crippen LogP) is 3.50. The number of nitrogens with zero attached hydrogens (tertiary/aromatic N) is 2. The van der Waals surface area contributed by atoms with E-state index < -0.39 is 0 Å². The number of hydrogen-bond donors (Lipinski definition) is 1. The van der Waals surface area contributed by atoms with Crippen LogP contribution in [0.25, 0.3) is 0 Å². The molecule has 5 heteroatoms. The van der Waals surface area contributed by atoms with E-state index in [9.17, 15) is 0 Å². The quantitative estimate of drug-likeness (QED) is 0.913. The van der Waals surface area contributed by atoms with Gasteiger partial charge in [-0.2, -0.15) is 0 Å². The van der Waals surface area contributed by atoms with Crippen LogP contribution in [0.5, 0.6) is 0 Å². The van der Waals surface area contributed by atoms with Crippen molar-refractivity contribution >= 4 is 27.7 Å². The zero-order chi connectivity index (χ0) is 12.8. The molecule has 0 aliphatic heterocycles. The third-order valence-electron chi connectivity index (χ3n) is 2.32. The molecule has 0 bridgehead atoms. The summed E-state index contributed by atoms with van der Waals surface area (Å²) < 4.78 is 0.987. The maximum absolute atomic E-state index is 4.42. The first-order valence-electron chi connectivity index (χ1n) is 5.73. The third-order valence-corrected chi connectivity index (χ3v) is 3.80. The van der Waals surface area contributed by atoms with E-state index in [1.54, 1.807) is 18.0 Å². The van der Waals surface area contributed by atoms with Gasteiger partial charge >= 0.3 is 0 Å². The molecule has 0 spiro atoms. The summed E-state index contributed by atoms with van der Waals surface area (Å²) in [7, 11) is 0. The number of halogens is 1. The summed E-state index contributed by atoms with van der Waals surface area (Å²) in [6.07, 6.45) is 3.62. The van der Waals surface area contributed by atoms with Gasteiger partial charge in [-0.3, -0.25) is 0 Å². The summed E-state index contributed by atoms with van der Waals surface area (Å²) in [6, 6.07) is 8.03. The third kappa shape index (κ3) is 3.80. The zero-order valence-corrected chi connectivity index (χ0v) is 12.5. The minimum atomic E-state index is 0.837. The second kappa shape index (κ2) is 6.87. The molecule has 2 aromatic heterocycles. The number of rotatable bonds is 5. The van der Waals surface area contributed by atoms with E-state index in [0.29, 0.717) is 0 Å². The first-order chi connectivity index (χ1) is 8.79. The molecule has 0 aliphatic rings. The maximum atomic E-state index is 4.42. The Morgan fingerprint density at radius 2 is 2.17 bits per heavy atom. The lowest BCUT2D eigenvalue weighted by molar-refractivity contribution is 0.711. The van der Waals surface area contributed by atoms with Crippen molar-refractivity contribution in [3.05, 3.63) is 46.7 Å². The van der Waals surface area contributed by atoms with E-state index in [4.69, 9.17) is 0 Å². The van der Waals surface area contributed by atoms with Gasteiger partial charge in [0.05, 0.1) is 0 Å². The molecule has 0 aromatic carbocycles. The number of hydrogen-bond acceptors (Lipinski definition) is 4. The lowest BCUT2D eigenvalue weighted by Crippen LogP contribution is -2.12. The van der Waals surface area contributed by atoms with E-state index >= 15 is 0 Å². The number of aromatic nitrogens is 2. The molecule has 0 atom stereocenters. The van der Waals surface area contributed by atoms with Crippen LogP contribution in [0.4, 0.5) is 0 Å². The highest BCUT2D eigenvalue weighted by Gasteiger charge is 2.05. The summed E-state index contributed by atoms with van der Waals surface area (Å²) in [5.41, 5.74) is 1.20. The van der Waals surface area contributed by atoms with Gasteiger partial charge in [-0.1, -0.05) is 13.0 Å². The maximum Gasteiger partial charge on any atom is 0.107 e. The second-order valence-electron chi connectivity index (χ2n) is 3.66. The molecule has 2 rings (SSSR count). The molecule has 2 aromatic rings. The Morgan fingerprint density at radius 3 is 2.89 bits per heavy atom. The second-order valence-corrected chi connectivity index (χ2v) is 5.59. The number of nitrogens with one attached hydrogen (secondary N) is 1. The van der Waals surface area contributed by atoms with Crippen LogP contribution in [0.1, 0.15) is 12.5 Å². The smallest absolute Gasteiger partial charge is 0.107 e. The molecule has 94 valence electrons. The van der Waals surface area contributed by atoms with Gasteiger partial charge in [0.1, 0.15) is 10.1 Å². The zero-order valence-electron chi connectivity index (χ0n) is 10.1. The van der Waals surface area contributed by atoms with Crippen LogP contribution in [0.15, 0.2) is 51.2 Å². The van der Waals surface area contributed by atoms with Crippen LogP contribution in [-0.4, -0.2) is 16.5 Å². The molecule has 0 fully saturated rings. The summed E-state index contributed by atoms with van der Waals surface area (Å²) in [5.74, 6) is 0. The fourth-order valence-corrected chi connectivity index (χ4v) is 2.49. The van der Waals surface area contributed by atoms with Crippen molar-refractivity contribution in [2.75, 3.05) is 6.54 Å². The van der Waals surface area contributed by atoms with E-state index in [1.165, 1.54) is 5.56 Å². The summed E-state index contributed by atoms with van der Waals surface area (Å²) in [4.78, 5) is 8.77. The fourth-order valence-electron chi connectivity index (χ4n) is 1.43. The Hall–Kier alpha value is -0.910. The normalized spacial score (nSPS) is 10.6. The molecule has 0 amide bonds. The molecule has 3 nitrogen and oxygen atoms in total. The van der Waals surface area contributed by atoms with Crippen molar-refractivity contribution in [1.82, 2.24) is 15.3 Å². The lowest BCUT2D eigenvalue weighted by Gasteiger charge is -2.07. The first-order valence-corrected chi connectivity index (χ1v) is 7.34. The SMILES string of the molecule is CCNCc1cccnc1Sc1ccc(Br)cn1. The van der Waals surface area contributed by atoms with Gasteiger partial charge in [0.25, 0.3) is 0 Å². The topological polar surface area (TPSA) is 37.8 Å². The Labute approximate surface area is 120 Å². The minimum Gasteiger partial charge on any atom is -0.313 e. The van der Waals surface area contributed by atoms with Gasteiger partial charge in [0.2, 0.25) is 0 Å². The van der Waals surface area contributed by atoms with E-state index in [-0.39, 0.29) is 0 Å². The van der Waals surface area contributed by atoms with Crippen LogP contribution >= 0.6 is 27.7 Å². The first kappa shape index (κ1) is 13.5. The highest BCUT2D eigenvalue weighted by atomic mass is 79.9. The van der Waals surface area contributed by atoms with Gasteiger partial charge in [0, 0.05) is 23.4 Å². The lowest BCUT2D eigenvalue weighted by atomic mass is 10.3. The molecule has 0 unspecified atom stereocenters. The number of pyridine rings is 2. The molecule has 0 saturated heterocycles. The molecule has 18 heavy (non-hydrogen) atoms. The molecular weight excluding hydrogens is 310 g/mol. The van der Waals surface area contributed by atoms with Crippen molar-refractivity contribution in [1.29, 1.82) is 0 Å². The Kier molecular flexibility index (Phi) is 5.16. The van der Waals surface area contributed by atoms with Gasteiger partial charge in [-0.05, 0) is 58.0 Å². The molecule has 0 saturated carbocycles. The van der Waals surface area contributed by atoms with Crippen molar-refractivity contribution < 1.29 is 0 Å². The van der Waals surface area contributed by atoms with E-state index in [2.05, 4.69) is 44.2 Å². The Balaban J connectivity index is 2.15. The molecule has 0 aliphatic carbocycles. The Morgan fingerprint density at radius 1 is 1.28 bits per heavy atom. The predicted molar refractivity (Wildman–Crippen MR) is 77.7 cm³/mol. The van der Waals surface area contributed by atoms with E-state index in [1.807, 2.05) is 24.4 Å². The van der Waals surface area contributed by atoms with Crippen LogP contribution in [-0.2, 0) is 6.54 Å². The molecule has 1 N–H and O–H groups in total. The van der Waals surface area contributed by atoms with Crippen LogP contribution < -0.4 is 5.32 Å². The van der Waals surface area contributed by atoms with Crippen LogP contribution in [0.2, 0.25) is 0 Å². The van der Waals surface area contributed by atoms with Crippen molar-refractivity contribution in [2.24, 2.45) is 0 Å². The highest BCUT2D eigenvalue weighted by Crippen LogP contribution is 2.27. The molecular formula is C13H14BrN3S. The summed E-state index contributed by atoms with van der Waals surface area (Å²) >= 11 is 4.97. The summed E-state index contributed by atoms with van der Waals surface area (Å²) in [6.45, 7) is 3.89. The van der Waals surface area contributed by atoms with Crippen molar-refractivity contribution in [3.63, 3.8) is 0 Å². The average molecular weight is 324 g/mol.